The predicted octanol–water partition coefficient (Wildman–Crippen LogP) is 4.73. The average Bonchev–Trinajstić information content (AvgIpc) is 2.92. The number of halogens is 2. The first-order chi connectivity index (χ1) is 10.9. The van der Waals surface area contributed by atoms with E-state index in [2.05, 4.69) is 0 Å². The predicted molar refractivity (Wildman–Crippen MR) is 91.4 cm³/mol. The molecular formula is C16H10Cl2O4S. The average molecular weight is 369 g/mol. The van der Waals surface area contributed by atoms with Crippen LogP contribution >= 0.6 is 34.5 Å². The molecule has 0 N–H and O–H groups in total. The lowest BCUT2D eigenvalue weighted by Crippen LogP contribution is -2.10. The molecule has 0 atom stereocenters. The Morgan fingerprint density at radius 3 is 2.74 bits per heavy atom. The lowest BCUT2D eigenvalue weighted by Gasteiger charge is -2.09. The molecule has 0 bridgehead atoms. The molecule has 118 valence electrons. The quantitative estimate of drug-likeness (QED) is 0.493. The summed E-state index contributed by atoms with van der Waals surface area (Å²) in [6.45, 7) is 1.61. The molecule has 0 saturated heterocycles. The van der Waals surface area contributed by atoms with E-state index in [0.29, 0.717) is 19.8 Å². The van der Waals surface area contributed by atoms with Crippen molar-refractivity contribution >= 4 is 51.3 Å². The Kier molecular flexibility index (Phi) is 4.43. The molecule has 3 rings (SSSR count). The van der Waals surface area contributed by atoms with Gasteiger partial charge in [0.25, 0.3) is 0 Å². The molecule has 3 aromatic rings. The zero-order valence-electron chi connectivity index (χ0n) is 11.9. The molecule has 0 fully saturated rings. The summed E-state index contributed by atoms with van der Waals surface area (Å²) in [6, 6.07) is 7.85. The summed E-state index contributed by atoms with van der Waals surface area (Å²) in [7, 11) is 0. The number of rotatable bonds is 4. The highest BCUT2D eigenvalue weighted by Crippen LogP contribution is 2.31. The third kappa shape index (κ3) is 3.42. The largest absolute Gasteiger partial charge is 0.484 e. The highest BCUT2D eigenvalue weighted by molar-refractivity contribution is 7.18. The summed E-state index contributed by atoms with van der Waals surface area (Å²) >= 11 is 13.2. The molecule has 2 aromatic heterocycles. The molecular weight excluding hydrogens is 359 g/mol. The van der Waals surface area contributed by atoms with Gasteiger partial charge in [0.05, 0.1) is 14.2 Å². The normalized spacial score (nSPS) is 10.9. The van der Waals surface area contributed by atoms with Crippen molar-refractivity contribution in [1.29, 1.82) is 0 Å². The van der Waals surface area contributed by atoms with Crippen LogP contribution in [0.1, 0.15) is 15.2 Å². The maximum Gasteiger partial charge on any atom is 0.336 e. The van der Waals surface area contributed by atoms with E-state index in [1.165, 1.54) is 23.5 Å². The van der Waals surface area contributed by atoms with E-state index in [9.17, 15) is 9.59 Å². The van der Waals surface area contributed by atoms with Crippen molar-refractivity contribution in [1.82, 2.24) is 0 Å². The van der Waals surface area contributed by atoms with E-state index >= 15 is 0 Å². The van der Waals surface area contributed by atoms with Gasteiger partial charge in [0, 0.05) is 17.5 Å². The molecule has 0 radical (unpaired) electrons. The third-order valence-corrected chi connectivity index (χ3v) is 4.78. The molecule has 23 heavy (non-hydrogen) atoms. The first kappa shape index (κ1) is 16.1. The number of hydrogen-bond acceptors (Lipinski definition) is 5. The molecule has 0 saturated carbocycles. The fraction of sp³-hybridized carbons (Fsp3) is 0.125. The van der Waals surface area contributed by atoms with Crippen LogP contribution in [-0.2, 0) is 0 Å². The van der Waals surface area contributed by atoms with E-state index in [0.717, 1.165) is 10.9 Å². The van der Waals surface area contributed by atoms with Crippen molar-refractivity contribution in [2.24, 2.45) is 0 Å². The highest BCUT2D eigenvalue weighted by atomic mass is 35.5. The van der Waals surface area contributed by atoms with Gasteiger partial charge in [0.2, 0.25) is 5.78 Å². The number of Topliss-reactive ketones (excluding diaryl/α,β-unsaturated/α-hetero) is 1. The number of carbonyl (C=O) groups excluding carboxylic acids is 1. The zero-order valence-corrected chi connectivity index (χ0v) is 14.2. The van der Waals surface area contributed by atoms with Crippen LogP contribution in [0.5, 0.6) is 5.75 Å². The van der Waals surface area contributed by atoms with Crippen LogP contribution < -0.4 is 10.4 Å². The second-order valence-corrected chi connectivity index (χ2v) is 6.97. The van der Waals surface area contributed by atoms with Crippen LogP contribution in [0.3, 0.4) is 0 Å². The van der Waals surface area contributed by atoms with E-state index < -0.39 is 5.63 Å². The van der Waals surface area contributed by atoms with Crippen LogP contribution in [0.25, 0.3) is 11.0 Å². The summed E-state index contributed by atoms with van der Waals surface area (Å²) in [6.07, 6.45) is 0. The molecule has 0 aliphatic rings. The van der Waals surface area contributed by atoms with Crippen LogP contribution in [-0.4, -0.2) is 12.4 Å². The number of aryl methyl sites for hydroxylation is 1. The van der Waals surface area contributed by atoms with Gasteiger partial charge in [0.1, 0.15) is 11.3 Å². The van der Waals surface area contributed by atoms with Crippen molar-refractivity contribution in [3.05, 3.63) is 60.6 Å². The van der Waals surface area contributed by atoms with Gasteiger partial charge in [-0.25, -0.2) is 4.79 Å². The van der Waals surface area contributed by atoms with E-state index in [4.69, 9.17) is 32.4 Å². The standard InChI is InChI=1S/C16H10Cl2O4S/c1-8-4-16(20)22-12-6-13(10(17)5-9(8)12)21-7-11(19)14-2-3-15(18)23-14/h2-6H,7H2,1H3. The number of ether oxygens (including phenoxy) is 1. The Labute approximate surface area is 145 Å². The summed E-state index contributed by atoms with van der Waals surface area (Å²) in [5.74, 6) is 0.0766. The van der Waals surface area contributed by atoms with Gasteiger partial charge >= 0.3 is 5.63 Å². The number of fused-ring (bicyclic) bond motifs is 1. The molecule has 4 nitrogen and oxygen atoms in total. The lowest BCUT2D eigenvalue weighted by atomic mass is 10.1. The van der Waals surface area contributed by atoms with Crippen molar-refractivity contribution < 1.29 is 13.9 Å². The molecule has 1 aromatic carbocycles. The minimum absolute atomic E-state index is 0.182. The second-order valence-electron chi connectivity index (χ2n) is 4.84. The van der Waals surface area contributed by atoms with E-state index in [1.54, 1.807) is 25.1 Å². The third-order valence-electron chi connectivity index (χ3n) is 3.21. The second kappa shape index (κ2) is 6.35. The number of hydrogen-bond donors (Lipinski definition) is 0. The fourth-order valence-electron chi connectivity index (χ4n) is 2.11. The minimum Gasteiger partial charge on any atom is -0.484 e. The van der Waals surface area contributed by atoms with Gasteiger partial charge in [-0.1, -0.05) is 23.2 Å². The summed E-state index contributed by atoms with van der Waals surface area (Å²) in [5.41, 5.74) is 0.669. The first-order valence-corrected chi connectivity index (χ1v) is 8.16. The van der Waals surface area contributed by atoms with E-state index in [-0.39, 0.29) is 18.1 Å². The number of thiophene rings is 1. The first-order valence-electron chi connectivity index (χ1n) is 6.59. The molecule has 0 amide bonds. The smallest absolute Gasteiger partial charge is 0.336 e. The van der Waals surface area contributed by atoms with Gasteiger partial charge in [-0.2, -0.15) is 0 Å². The van der Waals surface area contributed by atoms with Crippen LogP contribution in [0.2, 0.25) is 9.36 Å². The van der Waals surface area contributed by atoms with Gasteiger partial charge in [-0.15, -0.1) is 11.3 Å². The molecule has 7 heteroatoms. The maximum atomic E-state index is 12.0. The summed E-state index contributed by atoms with van der Waals surface area (Å²) in [4.78, 5) is 24.0. The summed E-state index contributed by atoms with van der Waals surface area (Å²) < 4.78 is 11.1. The fourth-order valence-corrected chi connectivity index (χ4v) is 3.29. The Balaban J connectivity index is 1.87. The SMILES string of the molecule is Cc1cc(=O)oc2cc(OCC(=O)c3ccc(Cl)s3)c(Cl)cc12. The number of carbonyl (C=O) groups is 1. The monoisotopic (exact) mass is 368 g/mol. The molecule has 0 spiro atoms. The maximum absolute atomic E-state index is 12.0. The minimum atomic E-state index is -0.451. The summed E-state index contributed by atoms with van der Waals surface area (Å²) in [5, 5.41) is 1.06. The van der Waals surface area contributed by atoms with Crippen molar-refractivity contribution in [3.8, 4) is 5.75 Å². The van der Waals surface area contributed by atoms with Gasteiger partial charge in [-0.05, 0) is 30.7 Å². The van der Waals surface area contributed by atoms with Crippen molar-refractivity contribution in [3.63, 3.8) is 0 Å². The van der Waals surface area contributed by atoms with Gasteiger partial charge < -0.3 is 9.15 Å². The zero-order chi connectivity index (χ0) is 16.6. The van der Waals surface area contributed by atoms with E-state index in [1.807, 2.05) is 0 Å². The van der Waals surface area contributed by atoms with Gasteiger partial charge in [-0.3, -0.25) is 4.79 Å². The molecule has 0 unspecified atom stereocenters. The van der Waals surface area contributed by atoms with Crippen LogP contribution in [0.4, 0.5) is 0 Å². The van der Waals surface area contributed by atoms with Crippen molar-refractivity contribution in [2.75, 3.05) is 6.61 Å². The topological polar surface area (TPSA) is 56.5 Å². The van der Waals surface area contributed by atoms with Crippen LogP contribution in [0, 0.1) is 6.92 Å². The van der Waals surface area contributed by atoms with Gasteiger partial charge in [0.15, 0.2) is 6.61 Å². The molecule has 0 aliphatic carbocycles. The Morgan fingerprint density at radius 2 is 2.04 bits per heavy atom. The Hall–Kier alpha value is -1.82. The molecule has 2 heterocycles. The lowest BCUT2D eigenvalue weighted by molar-refractivity contribution is 0.0925. The van der Waals surface area contributed by atoms with Crippen LogP contribution in [0.15, 0.2) is 39.5 Å². The van der Waals surface area contributed by atoms with Crippen molar-refractivity contribution in [2.45, 2.75) is 6.92 Å². The number of ketones is 1. The Morgan fingerprint density at radius 1 is 1.26 bits per heavy atom. The molecule has 0 aliphatic heterocycles. The Bertz CT molecular complexity index is 958. The highest BCUT2D eigenvalue weighted by Gasteiger charge is 2.13. The number of benzene rings is 1.